The Morgan fingerprint density at radius 2 is 1.78 bits per heavy atom. The van der Waals surface area contributed by atoms with Crippen molar-refractivity contribution in [2.75, 3.05) is 19.1 Å². The van der Waals surface area contributed by atoms with Crippen LogP contribution in [0.2, 0.25) is 0 Å². The average Bonchev–Trinajstić information content (AvgIpc) is 2.76. The summed E-state index contributed by atoms with van der Waals surface area (Å²) in [5.74, 6) is -1.24. The maximum absolute atomic E-state index is 12.3. The minimum atomic E-state index is -0.628. The standard InChI is InChI=1S/C17H16BrNO4/c1-11-7-6-9-13(18)14(11)19-10-5-4-8-12(16(20)22-2)15(19)17(21)23-3/h4-10H,1-3H3. The number of esters is 2. The first-order chi connectivity index (χ1) is 11.0. The van der Waals surface area contributed by atoms with Crippen LogP contribution in [-0.4, -0.2) is 26.2 Å². The number of anilines is 1. The molecule has 0 N–H and O–H groups in total. The van der Waals surface area contributed by atoms with Crippen molar-refractivity contribution in [1.82, 2.24) is 0 Å². The Labute approximate surface area is 143 Å². The fourth-order valence-corrected chi connectivity index (χ4v) is 2.92. The van der Waals surface area contributed by atoms with Crippen molar-refractivity contribution < 1.29 is 19.1 Å². The monoisotopic (exact) mass is 377 g/mol. The lowest BCUT2D eigenvalue weighted by Gasteiger charge is -2.25. The molecule has 0 aliphatic carbocycles. The first-order valence-electron chi connectivity index (χ1n) is 6.81. The molecule has 1 aliphatic rings. The third-order valence-corrected chi connectivity index (χ3v) is 3.96. The minimum Gasteiger partial charge on any atom is -0.465 e. The number of rotatable bonds is 3. The Balaban J connectivity index is 2.74. The largest absolute Gasteiger partial charge is 0.465 e. The molecule has 0 amide bonds. The van der Waals surface area contributed by atoms with Gasteiger partial charge in [-0.2, -0.15) is 0 Å². The third kappa shape index (κ3) is 3.37. The fraction of sp³-hybridized carbons (Fsp3) is 0.176. The zero-order chi connectivity index (χ0) is 17.0. The number of carbonyl (C=O) groups excluding carboxylic acids is 2. The van der Waals surface area contributed by atoms with Crippen LogP contribution in [0.5, 0.6) is 0 Å². The van der Waals surface area contributed by atoms with Gasteiger partial charge in [-0.05, 0) is 46.6 Å². The van der Waals surface area contributed by atoms with Crippen molar-refractivity contribution in [1.29, 1.82) is 0 Å². The van der Waals surface area contributed by atoms with Crippen LogP contribution < -0.4 is 4.90 Å². The van der Waals surface area contributed by atoms with Crippen LogP contribution >= 0.6 is 15.9 Å². The van der Waals surface area contributed by atoms with Gasteiger partial charge < -0.3 is 14.4 Å². The first-order valence-corrected chi connectivity index (χ1v) is 7.60. The molecule has 0 aromatic heterocycles. The normalized spacial score (nSPS) is 13.8. The summed E-state index contributed by atoms with van der Waals surface area (Å²) in [4.78, 5) is 26.1. The van der Waals surface area contributed by atoms with Crippen molar-refractivity contribution in [2.24, 2.45) is 0 Å². The van der Waals surface area contributed by atoms with Crippen molar-refractivity contribution in [2.45, 2.75) is 6.92 Å². The zero-order valence-electron chi connectivity index (χ0n) is 13.0. The molecule has 1 aromatic rings. The molecular weight excluding hydrogens is 362 g/mol. The molecule has 1 aromatic carbocycles. The summed E-state index contributed by atoms with van der Waals surface area (Å²) >= 11 is 3.49. The minimum absolute atomic E-state index is 0.0966. The van der Waals surface area contributed by atoms with Crippen molar-refractivity contribution >= 4 is 33.6 Å². The lowest BCUT2D eigenvalue weighted by atomic mass is 10.1. The molecular formula is C17H16BrNO4. The van der Waals surface area contributed by atoms with Crippen LogP contribution in [0.1, 0.15) is 5.56 Å². The van der Waals surface area contributed by atoms with E-state index in [4.69, 9.17) is 9.47 Å². The summed E-state index contributed by atoms with van der Waals surface area (Å²) in [6.07, 6.45) is 6.63. The Morgan fingerprint density at radius 3 is 2.39 bits per heavy atom. The molecule has 0 bridgehead atoms. The highest BCUT2D eigenvalue weighted by molar-refractivity contribution is 9.10. The molecule has 0 radical (unpaired) electrons. The van der Waals surface area contributed by atoms with Gasteiger partial charge >= 0.3 is 11.9 Å². The number of ether oxygens (including phenoxy) is 2. The summed E-state index contributed by atoms with van der Waals surface area (Å²) in [5.41, 5.74) is 1.89. The lowest BCUT2D eigenvalue weighted by molar-refractivity contribution is -0.139. The number of halogens is 1. The number of hydrogen-bond donors (Lipinski definition) is 0. The van der Waals surface area contributed by atoms with Gasteiger partial charge in [-0.25, -0.2) is 9.59 Å². The summed E-state index contributed by atoms with van der Waals surface area (Å²) in [7, 11) is 2.54. The van der Waals surface area contributed by atoms with Gasteiger partial charge in [0, 0.05) is 10.7 Å². The third-order valence-electron chi connectivity index (χ3n) is 3.32. The number of nitrogens with zero attached hydrogens (tertiary/aromatic N) is 1. The topological polar surface area (TPSA) is 55.8 Å². The molecule has 6 heteroatoms. The molecule has 0 spiro atoms. The van der Waals surface area contributed by atoms with Crippen LogP contribution in [0, 0.1) is 6.92 Å². The predicted molar refractivity (Wildman–Crippen MR) is 90.7 cm³/mol. The average molecular weight is 378 g/mol. The van der Waals surface area contributed by atoms with E-state index in [2.05, 4.69) is 15.9 Å². The second-order valence-electron chi connectivity index (χ2n) is 4.72. The van der Waals surface area contributed by atoms with Gasteiger partial charge in [0.1, 0.15) is 5.70 Å². The molecule has 0 saturated heterocycles. The molecule has 120 valence electrons. The van der Waals surface area contributed by atoms with Gasteiger partial charge in [-0.3, -0.25) is 0 Å². The van der Waals surface area contributed by atoms with Gasteiger partial charge in [-0.15, -0.1) is 0 Å². The zero-order valence-corrected chi connectivity index (χ0v) is 14.6. The van der Waals surface area contributed by atoms with E-state index in [1.807, 2.05) is 25.1 Å². The number of benzene rings is 1. The van der Waals surface area contributed by atoms with E-state index < -0.39 is 11.9 Å². The number of hydrogen-bond acceptors (Lipinski definition) is 5. The highest BCUT2D eigenvalue weighted by atomic mass is 79.9. The fourth-order valence-electron chi connectivity index (χ4n) is 2.26. The summed E-state index contributed by atoms with van der Waals surface area (Å²) in [6, 6.07) is 5.67. The number of para-hydroxylation sites is 1. The van der Waals surface area contributed by atoms with E-state index in [0.717, 1.165) is 15.7 Å². The van der Waals surface area contributed by atoms with Crippen molar-refractivity contribution in [3.05, 3.63) is 63.9 Å². The molecule has 23 heavy (non-hydrogen) atoms. The second kappa shape index (κ2) is 7.28. The van der Waals surface area contributed by atoms with E-state index in [9.17, 15) is 9.59 Å². The quantitative estimate of drug-likeness (QED) is 0.756. The molecule has 1 aliphatic heterocycles. The van der Waals surface area contributed by atoms with Crippen LogP contribution in [0.4, 0.5) is 5.69 Å². The predicted octanol–water partition coefficient (Wildman–Crippen LogP) is 3.25. The second-order valence-corrected chi connectivity index (χ2v) is 5.58. The van der Waals surface area contributed by atoms with Gasteiger partial charge in [0.25, 0.3) is 0 Å². The molecule has 0 atom stereocenters. The summed E-state index contributed by atoms with van der Waals surface area (Å²) < 4.78 is 10.5. The van der Waals surface area contributed by atoms with Crippen LogP contribution in [0.3, 0.4) is 0 Å². The van der Waals surface area contributed by atoms with Crippen LogP contribution in [0.15, 0.2) is 58.4 Å². The number of carbonyl (C=O) groups is 2. The molecule has 1 heterocycles. The van der Waals surface area contributed by atoms with Crippen molar-refractivity contribution in [3.63, 3.8) is 0 Å². The van der Waals surface area contributed by atoms with E-state index >= 15 is 0 Å². The molecule has 0 unspecified atom stereocenters. The maximum Gasteiger partial charge on any atom is 0.355 e. The van der Waals surface area contributed by atoms with Crippen molar-refractivity contribution in [3.8, 4) is 0 Å². The van der Waals surface area contributed by atoms with Crippen LogP contribution in [-0.2, 0) is 19.1 Å². The number of methoxy groups -OCH3 is 2. The highest BCUT2D eigenvalue weighted by Gasteiger charge is 2.28. The Kier molecular flexibility index (Phi) is 5.39. The van der Waals surface area contributed by atoms with E-state index in [0.29, 0.717) is 0 Å². The van der Waals surface area contributed by atoms with E-state index in [1.165, 1.54) is 20.3 Å². The Hall–Kier alpha value is -2.34. The molecule has 0 fully saturated rings. The summed E-state index contributed by atoms with van der Waals surface area (Å²) in [6.45, 7) is 1.92. The number of allylic oxidation sites excluding steroid dienone is 2. The lowest BCUT2D eigenvalue weighted by Crippen LogP contribution is -2.27. The van der Waals surface area contributed by atoms with Crippen LogP contribution in [0.25, 0.3) is 0 Å². The SMILES string of the molecule is COC(=O)C1=C(C(=O)OC)N(c2c(C)cccc2Br)C=CC=C1. The van der Waals surface area contributed by atoms with E-state index in [1.54, 1.807) is 23.3 Å². The Morgan fingerprint density at radius 1 is 1.09 bits per heavy atom. The molecule has 5 nitrogen and oxygen atoms in total. The highest BCUT2D eigenvalue weighted by Crippen LogP contribution is 2.34. The molecule has 0 saturated carbocycles. The van der Waals surface area contributed by atoms with Gasteiger partial charge in [-0.1, -0.05) is 18.2 Å². The Bertz CT molecular complexity index is 714. The smallest absolute Gasteiger partial charge is 0.355 e. The summed E-state index contributed by atoms with van der Waals surface area (Å²) in [5, 5.41) is 0. The van der Waals surface area contributed by atoms with Gasteiger partial charge in [0.05, 0.1) is 25.5 Å². The van der Waals surface area contributed by atoms with Gasteiger partial charge in [0.2, 0.25) is 0 Å². The maximum atomic E-state index is 12.3. The number of aryl methyl sites for hydroxylation is 1. The van der Waals surface area contributed by atoms with E-state index in [-0.39, 0.29) is 11.3 Å². The van der Waals surface area contributed by atoms with Gasteiger partial charge in [0.15, 0.2) is 0 Å². The molecule has 2 rings (SSSR count). The first kappa shape index (κ1) is 17.0.